The van der Waals surface area contributed by atoms with Crippen LogP contribution < -0.4 is 10.6 Å². The molecule has 0 saturated carbocycles. The van der Waals surface area contributed by atoms with Crippen molar-refractivity contribution in [1.82, 2.24) is 0 Å². The number of carbonyl (C=O) groups excluding carboxylic acids is 3. The molecule has 0 aliphatic carbocycles. The third kappa shape index (κ3) is 8.25. The molecule has 0 radical (unpaired) electrons. The largest absolute Gasteiger partial charge is 0.456 e. The molecule has 3 rings (SSSR count). The average Bonchev–Trinajstić information content (AvgIpc) is 2.82. The second-order valence-corrected chi connectivity index (χ2v) is 9.31. The topological polar surface area (TPSA) is 84.5 Å². The first kappa shape index (κ1) is 25.9. The fourth-order valence-electron chi connectivity index (χ4n) is 2.69. The lowest BCUT2D eigenvalue weighted by atomic mass is 10.2. The Hall–Kier alpha value is -2.71. The molecule has 0 heterocycles. The minimum absolute atomic E-state index is 0.0815. The number of rotatable bonds is 9. The molecular formula is C24H19Cl3N2O4S. The molecule has 176 valence electrons. The number of amides is 2. The van der Waals surface area contributed by atoms with Gasteiger partial charge in [0.2, 0.25) is 5.91 Å². The molecule has 0 fully saturated rings. The molecule has 10 heteroatoms. The summed E-state index contributed by atoms with van der Waals surface area (Å²) in [6, 6.07) is 19.6. The van der Waals surface area contributed by atoms with E-state index in [0.29, 0.717) is 16.4 Å². The number of halogens is 3. The highest BCUT2D eigenvalue weighted by Gasteiger charge is 2.13. The SMILES string of the molecule is O=C(CCC(=O)OCC(=O)Nc1cccc(Cl)c1Cl)Nc1ccc(Sc2ccc(Cl)cc2)cc1. The molecular weight excluding hydrogens is 519 g/mol. The van der Waals surface area contributed by atoms with Gasteiger partial charge in [-0.1, -0.05) is 52.6 Å². The van der Waals surface area contributed by atoms with Crippen molar-refractivity contribution in [2.45, 2.75) is 22.6 Å². The summed E-state index contributed by atoms with van der Waals surface area (Å²) in [5.41, 5.74) is 0.920. The molecule has 0 aliphatic rings. The van der Waals surface area contributed by atoms with Crippen molar-refractivity contribution in [1.29, 1.82) is 0 Å². The highest BCUT2D eigenvalue weighted by Crippen LogP contribution is 2.30. The maximum Gasteiger partial charge on any atom is 0.306 e. The number of ether oxygens (including phenoxy) is 1. The fourth-order valence-corrected chi connectivity index (χ4v) is 3.98. The fraction of sp³-hybridized carbons (Fsp3) is 0.125. The summed E-state index contributed by atoms with van der Waals surface area (Å²) >= 11 is 19.3. The predicted molar refractivity (Wildman–Crippen MR) is 136 cm³/mol. The van der Waals surface area contributed by atoms with Crippen LogP contribution in [0.2, 0.25) is 15.1 Å². The lowest BCUT2D eigenvalue weighted by Crippen LogP contribution is -2.22. The summed E-state index contributed by atoms with van der Waals surface area (Å²) in [4.78, 5) is 38.0. The van der Waals surface area contributed by atoms with Gasteiger partial charge >= 0.3 is 5.97 Å². The van der Waals surface area contributed by atoms with Crippen molar-refractivity contribution in [2.24, 2.45) is 0 Å². The van der Waals surface area contributed by atoms with Crippen molar-refractivity contribution in [2.75, 3.05) is 17.2 Å². The zero-order chi connectivity index (χ0) is 24.5. The van der Waals surface area contributed by atoms with Crippen molar-refractivity contribution in [3.05, 3.63) is 81.8 Å². The lowest BCUT2D eigenvalue weighted by molar-refractivity contribution is -0.147. The number of hydrogen-bond acceptors (Lipinski definition) is 5. The van der Waals surface area contributed by atoms with E-state index >= 15 is 0 Å². The first-order valence-electron chi connectivity index (χ1n) is 10.0. The van der Waals surface area contributed by atoms with E-state index in [2.05, 4.69) is 10.6 Å². The van der Waals surface area contributed by atoms with Crippen LogP contribution in [0.5, 0.6) is 0 Å². The monoisotopic (exact) mass is 536 g/mol. The molecule has 3 aromatic rings. The quantitative estimate of drug-likeness (QED) is 0.297. The Labute approximate surface area is 215 Å². The number of anilines is 2. The molecule has 2 amide bonds. The van der Waals surface area contributed by atoms with Crippen molar-refractivity contribution < 1.29 is 19.1 Å². The number of nitrogens with one attached hydrogen (secondary N) is 2. The van der Waals surface area contributed by atoms with Crippen LogP contribution in [0.3, 0.4) is 0 Å². The minimum atomic E-state index is -0.669. The van der Waals surface area contributed by atoms with Crippen molar-refractivity contribution in [3.63, 3.8) is 0 Å². The maximum atomic E-state index is 12.1. The molecule has 2 N–H and O–H groups in total. The van der Waals surface area contributed by atoms with E-state index in [1.165, 1.54) is 0 Å². The zero-order valence-electron chi connectivity index (χ0n) is 17.6. The van der Waals surface area contributed by atoms with Crippen molar-refractivity contribution >= 4 is 75.7 Å². The van der Waals surface area contributed by atoms with Gasteiger partial charge in [-0.25, -0.2) is 0 Å². The highest BCUT2D eigenvalue weighted by molar-refractivity contribution is 7.99. The molecule has 0 atom stereocenters. The van der Waals surface area contributed by atoms with E-state index in [-0.39, 0.29) is 28.8 Å². The summed E-state index contributed by atoms with van der Waals surface area (Å²) < 4.78 is 4.91. The second kappa shape index (κ2) is 12.7. The zero-order valence-corrected chi connectivity index (χ0v) is 20.7. The minimum Gasteiger partial charge on any atom is -0.456 e. The maximum absolute atomic E-state index is 12.1. The molecule has 0 aliphatic heterocycles. The number of benzene rings is 3. The van der Waals surface area contributed by atoms with Gasteiger partial charge in [-0.05, 0) is 60.7 Å². The van der Waals surface area contributed by atoms with E-state index < -0.39 is 18.5 Å². The van der Waals surface area contributed by atoms with E-state index in [1.807, 2.05) is 36.4 Å². The van der Waals surface area contributed by atoms with Crippen molar-refractivity contribution in [3.8, 4) is 0 Å². The summed E-state index contributed by atoms with van der Waals surface area (Å²) in [6.45, 7) is -0.504. The third-order valence-corrected chi connectivity index (χ3v) is 6.42. The summed E-state index contributed by atoms with van der Waals surface area (Å²) in [7, 11) is 0. The Morgan fingerprint density at radius 1 is 0.765 bits per heavy atom. The van der Waals surface area contributed by atoms with Gasteiger partial charge in [0, 0.05) is 26.9 Å². The second-order valence-electron chi connectivity index (χ2n) is 6.94. The Kier molecular flexibility index (Phi) is 9.65. The summed E-state index contributed by atoms with van der Waals surface area (Å²) in [6.07, 6.45) is -0.247. The van der Waals surface area contributed by atoms with Gasteiger partial charge in [-0.15, -0.1) is 0 Å². The molecule has 34 heavy (non-hydrogen) atoms. The van der Waals surface area contributed by atoms with E-state index in [1.54, 1.807) is 42.1 Å². The van der Waals surface area contributed by atoms with Crippen LogP contribution in [0.25, 0.3) is 0 Å². The van der Waals surface area contributed by atoms with Gasteiger partial charge in [0.05, 0.1) is 22.2 Å². The van der Waals surface area contributed by atoms with Crippen LogP contribution >= 0.6 is 46.6 Å². The normalized spacial score (nSPS) is 10.4. The molecule has 0 spiro atoms. The molecule has 0 aromatic heterocycles. The van der Waals surface area contributed by atoms with E-state index in [0.717, 1.165) is 9.79 Å². The number of esters is 1. The standard InChI is InChI=1S/C24H19Cl3N2O4S/c25-15-4-8-17(9-5-15)34-18-10-6-16(7-11-18)28-21(30)12-13-23(32)33-14-22(31)29-20-3-1-2-19(26)24(20)27/h1-11H,12-14H2,(H,28,30)(H,29,31). The Morgan fingerprint density at radius 3 is 2.09 bits per heavy atom. The smallest absolute Gasteiger partial charge is 0.306 e. The number of carbonyl (C=O) groups is 3. The molecule has 0 saturated heterocycles. The number of hydrogen-bond donors (Lipinski definition) is 2. The van der Waals surface area contributed by atoms with Crippen LogP contribution in [0.15, 0.2) is 76.5 Å². The van der Waals surface area contributed by atoms with Crippen LogP contribution in [-0.2, 0) is 19.1 Å². The Balaban J connectivity index is 1.37. The first-order chi connectivity index (χ1) is 16.3. The molecule has 0 bridgehead atoms. The van der Waals surface area contributed by atoms with E-state index in [9.17, 15) is 14.4 Å². The molecule has 6 nitrogen and oxygen atoms in total. The van der Waals surface area contributed by atoms with Gasteiger partial charge in [0.25, 0.3) is 5.91 Å². The molecule has 3 aromatic carbocycles. The van der Waals surface area contributed by atoms with Gasteiger partial charge in [-0.2, -0.15) is 0 Å². The Morgan fingerprint density at radius 2 is 1.41 bits per heavy atom. The lowest BCUT2D eigenvalue weighted by Gasteiger charge is -2.09. The summed E-state index contributed by atoms with van der Waals surface area (Å²) in [5.74, 6) is -1.58. The predicted octanol–water partition coefficient (Wildman–Crippen LogP) is 6.70. The highest BCUT2D eigenvalue weighted by atomic mass is 35.5. The van der Waals surface area contributed by atoms with Gasteiger partial charge < -0.3 is 15.4 Å². The van der Waals surface area contributed by atoms with Gasteiger partial charge in [-0.3, -0.25) is 14.4 Å². The third-order valence-electron chi connectivity index (χ3n) is 4.33. The van der Waals surface area contributed by atoms with Crippen LogP contribution in [0.1, 0.15) is 12.8 Å². The first-order valence-corrected chi connectivity index (χ1v) is 12.0. The summed E-state index contributed by atoms with van der Waals surface area (Å²) in [5, 5.41) is 6.39. The average molecular weight is 538 g/mol. The van der Waals surface area contributed by atoms with Gasteiger partial charge in [0.15, 0.2) is 6.61 Å². The Bertz CT molecular complexity index is 1170. The van der Waals surface area contributed by atoms with Crippen LogP contribution in [0, 0.1) is 0 Å². The van der Waals surface area contributed by atoms with Crippen LogP contribution in [0.4, 0.5) is 11.4 Å². The van der Waals surface area contributed by atoms with Gasteiger partial charge in [0.1, 0.15) is 0 Å². The molecule has 0 unspecified atom stereocenters. The van der Waals surface area contributed by atoms with Crippen LogP contribution in [-0.4, -0.2) is 24.4 Å². The van der Waals surface area contributed by atoms with E-state index in [4.69, 9.17) is 39.5 Å².